The average Bonchev–Trinajstić information content (AvgIpc) is 2.74. The zero-order valence-corrected chi connectivity index (χ0v) is 17.0. The Bertz CT molecular complexity index is 1110. The van der Waals surface area contributed by atoms with E-state index in [0.717, 1.165) is 12.1 Å². The van der Waals surface area contributed by atoms with Gasteiger partial charge in [-0.3, -0.25) is 9.59 Å². The third-order valence-electron chi connectivity index (χ3n) is 6.04. The number of nitrogens with one attached hydrogen (secondary N) is 2. The molecule has 1 spiro atoms. The molecular weight excluding hydrogens is 425 g/mol. The molecule has 7 nitrogen and oxygen atoms in total. The zero-order chi connectivity index (χ0) is 23.0. The summed E-state index contributed by atoms with van der Waals surface area (Å²) in [5.41, 5.74) is 4.49. The summed E-state index contributed by atoms with van der Waals surface area (Å²) in [5.74, 6) is -4.01. The van der Waals surface area contributed by atoms with E-state index in [1.165, 1.54) is 17.0 Å². The van der Waals surface area contributed by atoms with Crippen LogP contribution < -0.4 is 16.4 Å². The summed E-state index contributed by atoms with van der Waals surface area (Å²) in [6, 6.07) is 5.66. The Morgan fingerprint density at radius 2 is 1.84 bits per heavy atom. The lowest BCUT2D eigenvalue weighted by Gasteiger charge is -2.45. The molecule has 168 valence electrons. The lowest BCUT2D eigenvalue weighted by Crippen LogP contribution is -2.55. The van der Waals surface area contributed by atoms with Gasteiger partial charge >= 0.3 is 6.03 Å². The molecule has 32 heavy (non-hydrogen) atoms. The number of amides is 3. The van der Waals surface area contributed by atoms with Crippen LogP contribution in [0.1, 0.15) is 45.5 Å². The number of primary amides is 1. The van der Waals surface area contributed by atoms with Crippen molar-refractivity contribution in [3.63, 3.8) is 0 Å². The second kappa shape index (κ2) is 8.18. The van der Waals surface area contributed by atoms with Crippen LogP contribution in [0, 0.1) is 17.5 Å². The highest BCUT2D eigenvalue weighted by atomic mass is 19.1. The molecule has 10 heteroatoms. The largest absolute Gasteiger partial charge is 0.378 e. The smallest absolute Gasteiger partial charge is 0.317 e. The number of ketones is 1. The molecule has 1 fully saturated rings. The molecule has 2 aromatic rings. The van der Waals surface area contributed by atoms with Gasteiger partial charge < -0.3 is 21.3 Å². The monoisotopic (exact) mass is 446 g/mol. The molecular formula is C22H21F3N4O3. The van der Waals surface area contributed by atoms with Crippen molar-refractivity contribution in [2.45, 2.75) is 31.3 Å². The third kappa shape index (κ3) is 4.00. The highest BCUT2D eigenvalue weighted by Crippen LogP contribution is 2.37. The fourth-order valence-corrected chi connectivity index (χ4v) is 4.27. The van der Waals surface area contributed by atoms with Gasteiger partial charge in [-0.05, 0) is 37.1 Å². The minimum Gasteiger partial charge on any atom is -0.378 e. The number of Topliss-reactive ketones (excluding diaryl/α,β-unsaturated/α-hetero) is 1. The van der Waals surface area contributed by atoms with E-state index in [9.17, 15) is 27.6 Å². The minimum atomic E-state index is -1.23. The number of urea groups is 1. The van der Waals surface area contributed by atoms with Crippen LogP contribution in [0.3, 0.4) is 0 Å². The van der Waals surface area contributed by atoms with Gasteiger partial charge in [0, 0.05) is 48.4 Å². The number of nitrogens with zero attached hydrogens (tertiary/aromatic N) is 1. The van der Waals surface area contributed by atoms with E-state index in [1.54, 1.807) is 6.07 Å². The van der Waals surface area contributed by atoms with Crippen molar-refractivity contribution in [1.82, 2.24) is 10.2 Å². The predicted octanol–water partition coefficient (Wildman–Crippen LogP) is 2.95. The number of rotatable bonds is 3. The first-order valence-corrected chi connectivity index (χ1v) is 10.1. The quantitative estimate of drug-likeness (QED) is 0.674. The van der Waals surface area contributed by atoms with Crippen LogP contribution in [0.2, 0.25) is 0 Å². The third-order valence-corrected chi connectivity index (χ3v) is 6.04. The fourth-order valence-electron chi connectivity index (χ4n) is 4.27. The van der Waals surface area contributed by atoms with Crippen molar-refractivity contribution >= 4 is 23.4 Å². The number of halogens is 3. The number of benzene rings is 2. The van der Waals surface area contributed by atoms with Crippen LogP contribution in [0.4, 0.5) is 23.7 Å². The zero-order valence-electron chi connectivity index (χ0n) is 17.0. The van der Waals surface area contributed by atoms with E-state index < -0.39 is 40.5 Å². The van der Waals surface area contributed by atoms with Crippen molar-refractivity contribution < 1.29 is 27.6 Å². The normalized spacial score (nSPS) is 17.0. The molecule has 2 aliphatic heterocycles. The Morgan fingerprint density at radius 3 is 2.53 bits per heavy atom. The molecule has 1 saturated heterocycles. The summed E-state index contributed by atoms with van der Waals surface area (Å²) < 4.78 is 41.4. The van der Waals surface area contributed by atoms with Gasteiger partial charge in [0.15, 0.2) is 5.78 Å². The van der Waals surface area contributed by atoms with E-state index in [-0.39, 0.29) is 24.3 Å². The van der Waals surface area contributed by atoms with E-state index in [4.69, 9.17) is 5.73 Å². The lowest BCUT2D eigenvalue weighted by molar-refractivity contribution is 0.0914. The minimum absolute atomic E-state index is 0.0644. The Hall–Kier alpha value is -3.56. The van der Waals surface area contributed by atoms with Crippen molar-refractivity contribution in [1.29, 1.82) is 0 Å². The highest BCUT2D eigenvalue weighted by molar-refractivity contribution is 6.04. The van der Waals surface area contributed by atoms with Crippen LogP contribution in [0.15, 0.2) is 30.3 Å². The fraction of sp³-hybridized carbons (Fsp3) is 0.318. The van der Waals surface area contributed by atoms with Crippen LogP contribution in [-0.4, -0.2) is 41.2 Å². The van der Waals surface area contributed by atoms with Crippen molar-refractivity contribution in [3.8, 4) is 0 Å². The molecule has 2 aliphatic rings. The van der Waals surface area contributed by atoms with Gasteiger partial charge in [-0.1, -0.05) is 6.07 Å². The van der Waals surface area contributed by atoms with E-state index in [1.807, 2.05) is 0 Å². The van der Waals surface area contributed by atoms with Gasteiger partial charge in [0.05, 0.1) is 0 Å². The number of carbonyl (C=O) groups excluding carboxylic acids is 3. The molecule has 0 aromatic heterocycles. The summed E-state index contributed by atoms with van der Waals surface area (Å²) in [6.45, 7) is 0.449. The van der Waals surface area contributed by atoms with E-state index in [2.05, 4.69) is 10.6 Å². The standard InChI is InChI=1S/C22H21F3N4O3/c23-13-2-4-16-14(9-13)17(30)10-22(28-16)5-7-29(8-6-22)21(32)27-11-12-1-3-15(24)18(19(12)25)20(26)31/h1-4,9,28H,5-8,10-11H2,(H2,26,31)(H,27,32). The van der Waals surface area contributed by atoms with Gasteiger partial charge in [-0.25, -0.2) is 18.0 Å². The first-order valence-electron chi connectivity index (χ1n) is 10.1. The maximum absolute atomic E-state index is 14.3. The molecule has 0 unspecified atom stereocenters. The topological polar surface area (TPSA) is 105 Å². The molecule has 0 atom stereocenters. The number of carbonyl (C=O) groups is 3. The molecule has 4 rings (SSSR count). The number of nitrogens with two attached hydrogens (primary N) is 1. The molecule has 0 aliphatic carbocycles. The summed E-state index contributed by atoms with van der Waals surface area (Å²) in [7, 11) is 0. The Morgan fingerprint density at radius 1 is 1.12 bits per heavy atom. The Kier molecular flexibility index (Phi) is 5.53. The van der Waals surface area contributed by atoms with Gasteiger partial charge in [0.1, 0.15) is 23.0 Å². The lowest BCUT2D eigenvalue weighted by atomic mass is 9.78. The molecule has 2 heterocycles. The summed E-state index contributed by atoms with van der Waals surface area (Å²) in [5, 5.41) is 5.90. The Labute approximate surface area is 181 Å². The molecule has 0 bridgehead atoms. The number of fused-ring (bicyclic) bond motifs is 1. The first kappa shape index (κ1) is 21.7. The summed E-state index contributed by atoms with van der Waals surface area (Å²) in [4.78, 5) is 37.8. The maximum atomic E-state index is 14.3. The number of hydrogen-bond acceptors (Lipinski definition) is 4. The van der Waals surface area contributed by atoms with Crippen LogP contribution in [0.5, 0.6) is 0 Å². The second-order valence-electron chi connectivity index (χ2n) is 8.10. The van der Waals surface area contributed by atoms with E-state index >= 15 is 0 Å². The molecule has 2 aromatic carbocycles. The van der Waals surface area contributed by atoms with Gasteiger partial charge in [-0.15, -0.1) is 0 Å². The highest BCUT2D eigenvalue weighted by Gasteiger charge is 2.41. The maximum Gasteiger partial charge on any atom is 0.317 e. The van der Waals surface area contributed by atoms with Crippen LogP contribution >= 0.6 is 0 Å². The number of hydrogen-bond donors (Lipinski definition) is 3. The predicted molar refractivity (Wildman–Crippen MR) is 110 cm³/mol. The number of anilines is 1. The van der Waals surface area contributed by atoms with E-state index in [0.29, 0.717) is 37.2 Å². The Balaban J connectivity index is 1.38. The SMILES string of the molecule is NC(=O)c1c(F)ccc(CNC(=O)N2CCC3(CC2)CC(=O)c2cc(F)ccc2N3)c1F. The molecule has 4 N–H and O–H groups in total. The van der Waals surface area contributed by atoms with Crippen molar-refractivity contribution in [3.05, 3.63) is 64.5 Å². The number of likely N-dealkylation sites (tertiary alicyclic amines) is 1. The van der Waals surface area contributed by atoms with Gasteiger partial charge in [-0.2, -0.15) is 0 Å². The summed E-state index contributed by atoms with van der Waals surface area (Å²) in [6.07, 6.45) is 1.20. The van der Waals surface area contributed by atoms with Crippen LogP contribution in [0.25, 0.3) is 0 Å². The van der Waals surface area contributed by atoms with Gasteiger partial charge in [0.2, 0.25) is 0 Å². The van der Waals surface area contributed by atoms with Gasteiger partial charge in [0.25, 0.3) is 5.91 Å². The summed E-state index contributed by atoms with van der Waals surface area (Å²) >= 11 is 0. The average molecular weight is 446 g/mol. The molecule has 3 amide bonds. The second-order valence-corrected chi connectivity index (χ2v) is 8.10. The van der Waals surface area contributed by atoms with Crippen LogP contribution in [-0.2, 0) is 6.54 Å². The number of piperidine rings is 1. The molecule has 0 saturated carbocycles. The first-order chi connectivity index (χ1) is 15.2. The van der Waals surface area contributed by atoms with Crippen molar-refractivity contribution in [2.75, 3.05) is 18.4 Å². The molecule has 0 radical (unpaired) electrons. The van der Waals surface area contributed by atoms with Crippen molar-refractivity contribution in [2.24, 2.45) is 5.73 Å².